The van der Waals surface area contributed by atoms with Crippen molar-refractivity contribution in [2.24, 2.45) is 11.1 Å². The van der Waals surface area contributed by atoms with Crippen molar-refractivity contribution in [1.82, 2.24) is 9.62 Å². The van der Waals surface area contributed by atoms with Crippen molar-refractivity contribution < 1.29 is 8.42 Å². The average Bonchev–Trinajstić information content (AvgIpc) is 2.14. The third kappa shape index (κ3) is 3.53. The van der Waals surface area contributed by atoms with Crippen LogP contribution >= 0.6 is 0 Å². The van der Waals surface area contributed by atoms with E-state index >= 15 is 0 Å². The standard InChI is InChI=1S/C8H19N3O2S/c1-2-10-6-8-4-3-5-11(7-8)14(9,12)13/h8,10H,2-7H2,1H3,(H2,9,12,13). The van der Waals surface area contributed by atoms with E-state index in [1.807, 2.05) is 6.92 Å². The minimum absolute atomic E-state index is 0.405. The Morgan fingerprint density at radius 3 is 2.86 bits per heavy atom. The molecule has 1 fully saturated rings. The molecule has 5 nitrogen and oxygen atoms in total. The van der Waals surface area contributed by atoms with Crippen molar-refractivity contribution in [3.63, 3.8) is 0 Å². The zero-order valence-corrected chi connectivity index (χ0v) is 9.39. The summed E-state index contributed by atoms with van der Waals surface area (Å²) in [5, 5.41) is 8.31. The fourth-order valence-corrected chi connectivity index (χ4v) is 2.58. The Hall–Kier alpha value is -0.170. The minimum Gasteiger partial charge on any atom is -0.317 e. The molecule has 1 aliphatic heterocycles. The van der Waals surface area contributed by atoms with Gasteiger partial charge in [-0.2, -0.15) is 12.7 Å². The Morgan fingerprint density at radius 1 is 1.57 bits per heavy atom. The Morgan fingerprint density at radius 2 is 2.29 bits per heavy atom. The van der Waals surface area contributed by atoms with Crippen LogP contribution in [-0.2, 0) is 10.2 Å². The van der Waals surface area contributed by atoms with E-state index in [9.17, 15) is 8.42 Å². The van der Waals surface area contributed by atoms with E-state index < -0.39 is 10.2 Å². The highest BCUT2D eigenvalue weighted by Crippen LogP contribution is 2.16. The summed E-state index contributed by atoms with van der Waals surface area (Å²) in [7, 11) is -3.48. The van der Waals surface area contributed by atoms with E-state index in [0.717, 1.165) is 25.9 Å². The fourth-order valence-electron chi connectivity index (χ4n) is 1.77. The fraction of sp³-hybridized carbons (Fsp3) is 1.00. The molecule has 0 aliphatic carbocycles. The predicted octanol–water partition coefficient (Wildman–Crippen LogP) is -0.489. The van der Waals surface area contributed by atoms with Crippen LogP contribution in [0.15, 0.2) is 0 Å². The van der Waals surface area contributed by atoms with Crippen molar-refractivity contribution >= 4 is 10.2 Å². The number of rotatable bonds is 4. The summed E-state index contributed by atoms with van der Waals surface area (Å²) in [6, 6.07) is 0. The average molecular weight is 221 g/mol. The van der Waals surface area contributed by atoms with Crippen molar-refractivity contribution in [2.45, 2.75) is 19.8 Å². The number of hydrogen-bond donors (Lipinski definition) is 2. The van der Waals surface area contributed by atoms with Crippen LogP contribution in [0.3, 0.4) is 0 Å². The van der Waals surface area contributed by atoms with Gasteiger partial charge in [-0.05, 0) is 31.8 Å². The zero-order valence-electron chi connectivity index (χ0n) is 8.57. The summed E-state index contributed by atoms with van der Waals surface area (Å²) in [5.41, 5.74) is 0. The van der Waals surface area contributed by atoms with Crippen LogP contribution in [-0.4, -0.2) is 38.9 Å². The van der Waals surface area contributed by atoms with Gasteiger partial charge in [0.2, 0.25) is 0 Å². The molecule has 1 rings (SSSR count). The summed E-state index contributed by atoms with van der Waals surface area (Å²) >= 11 is 0. The molecule has 0 bridgehead atoms. The molecule has 14 heavy (non-hydrogen) atoms. The molecule has 0 aromatic rings. The first-order valence-electron chi connectivity index (χ1n) is 5.02. The van der Waals surface area contributed by atoms with Gasteiger partial charge in [-0.25, -0.2) is 5.14 Å². The molecule has 0 radical (unpaired) electrons. The molecule has 0 aromatic heterocycles. The predicted molar refractivity (Wildman–Crippen MR) is 55.9 cm³/mol. The lowest BCUT2D eigenvalue weighted by molar-refractivity contribution is 0.261. The van der Waals surface area contributed by atoms with E-state index in [-0.39, 0.29) is 0 Å². The van der Waals surface area contributed by atoms with Crippen LogP contribution < -0.4 is 10.5 Å². The quantitative estimate of drug-likeness (QED) is 0.673. The van der Waals surface area contributed by atoms with Crippen molar-refractivity contribution in [1.29, 1.82) is 0 Å². The monoisotopic (exact) mass is 221 g/mol. The third-order valence-electron chi connectivity index (χ3n) is 2.52. The molecule has 0 saturated carbocycles. The molecule has 0 spiro atoms. The molecule has 0 aromatic carbocycles. The molecule has 84 valence electrons. The van der Waals surface area contributed by atoms with Gasteiger partial charge in [0, 0.05) is 13.1 Å². The van der Waals surface area contributed by atoms with Crippen molar-refractivity contribution in [3.05, 3.63) is 0 Å². The molecule has 0 amide bonds. The minimum atomic E-state index is -3.48. The number of nitrogens with one attached hydrogen (secondary N) is 1. The summed E-state index contributed by atoms with van der Waals surface area (Å²) in [6.45, 7) is 4.97. The number of nitrogens with zero attached hydrogens (tertiary/aromatic N) is 1. The number of piperidine rings is 1. The number of nitrogens with two attached hydrogens (primary N) is 1. The van der Waals surface area contributed by atoms with Gasteiger partial charge in [0.1, 0.15) is 0 Å². The second kappa shape index (κ2) is 5.06. The van der Waals surface area contributed by atoms with Gasteiger partial charge in [0.05, 0.1) is 0 Å². The normalized spacial score (nSPS) is 25.1. The molecule has 3 N–H and O–H groups in total. The van der Waals surface area contributed by atoms with Gasteiger partial charge in [-0.1, -0.05) is 6.92 Å². The first kappa shape index (κ1) is 11.9. The molecular weight excluding hydrogens is 202 g/mol. The largest absolute Gasteiger partial charge is 0.317 e. The molecule has 1 heterocycles. The molecule has 1 unspecified atom stereocenters. The highest BCUT2D eigenvalue weighted by molar-refractivity contribution is 7.86. The molecular formula is C8H19N3O2S. The highest BCUT2D eigenvalue weighted by Gasteiger charge is 2.25. The second-order valence-corrected chi connectivity index (χ2v) is 5.27. The van der Waals surface area contributed by atoms with Crippen LogP contribution in [0.25, 0.3) is 0 Å². The van der Waals surface area contributed by atoms with Crippen LogP contribution in [0.4, 0.5) is 0 Å². The lowest BCUT2D eigenvalue weighted by Gasteiger charge is -2.30. The Balaban J connectivity index is 2.44. The lowest BCUT2D eigenvalue weighted by atomic mass is 10.00. The van der Waals surface area contributed by atoms with Crippen molar-refractivity contribution in [3.8, 4) is 0 Å². The van der Waals surface area contributed by atoms with E-state index in [1.54, 1.807) is 0 Å². The Bertz CT molecular complexity index is 266. The van der Waals surface area contributed by atoms with Gasteiger partial charge < -0.3 is 5.32 Å². The first-order valence-corrected chi connectivity index (χ1v) is 6.53. The van der Waals surface area contributed by atoms with E-state index in [1.165, 1.54) is 4.31 Å². The molecule has 1 aliphatic rings. The van der Waals surface area contributed by atoms with Crippen molar-refractivity contribution in [2.75, 3.05) is 26.2 Å². The smallest absolute Gasteiger partial charge is 0.276 e. The number of hydrogen-bond acceptors (Lipinski definition) is 3. The van der Waals surface area contributed by atoms with Crippen LogP contribution in [0.5, 0.6) is 0 Å². The highest BCUT2D eigenvalue weighted by atomic mass is 32.2. The Labute approximate surface area is 85.8 Å². The van der Waals surface area contributed by atoms with Gasteiger partial charge in [-0.3, -0.25) is 0 Å². The van der Waals surface area contributed by atoms with Gasteiger partial charge in [0.25, 0.3) is 10.2 Å². The first-order chi connectivity index (χ1) is 6.54. The van der Waals surface area contributed by atoms with Gasteiger partial charge in [0.15, 0.2) is 0 Å². The van der Waals surface area contributed by atoms with Gasteiger partial charge in [-0.15, -0.1) is 0 Å². The maximum Gasteiger partial charge on any atom is 0.276 e. The molecule has 1 atom stereocenters. The SMILES string of the molecule is CCNCC1CCCN(S(N)(=O)=O)C1. The lowest BCUT2D eigenvalue weighted by Crippen LogP contribution is -2.45. The van der Waals surface area contributed by atoms with Crippen LogP contribution in [0.2, 0.25) is 0 Å². The van der Waals surface area contributed by atoms with E-state index in [0.29, 0.717) is 19.0 Å². The summed E-state index contributed by atoms with van der Waals surface area (Å²) in [6.07, 6.45) is 1.99. The maximum absolute atomic E-state index is 11.1. The van der Waals surface area contributed by atoms with E-state index in [4.69, 9.17) is 5.14 Å². The Kier molecular flexibility index (Phi) is 4.31. The van der Waals surface area contributed by atoms with Gasteiger partial charge >= 0.3 is 0 Å². The van der Waals surface area contributed by atoms with Crippen LogP contribution in [0.1, 0.15) is 19.8 Å². The second-order valence-electron chi connectivity index (χ2n) is 3.72. The zero-order chi connectivity index (χ0) is 10.6. The third-order valence-corrected chi connectivity index (χ3v) is 3.58. The maximum atomic E-state index is 11.1. The molecule has 1 saturated heterocycles. The molecule has 6 heteroatoms. The van der Waals surface area contributed by atoms with Crippen LogP contribution in [0, 0.1) is 5.92 Å². The van der Waals surface area contributed by atoms with E-state index in [2.05, 4.69) is 5.32 Å². The summed E-state index contributed by atoms with van der Waals surface area (Å²) < 4.78 is 23.6. The summed E-state index contributed by atoms with van der Waals surface area (Å²) in [5.74, 6) is 0.405. The topological polar surface area (TPSA) is 75.4 Å². The summed E-state index contributed by atoms with van der Waals surface area (Å²) in [4.78, 5) is 0.